The summed E-state index contributed by atoms with van der Waals surface area (Å²) < 4.78 is 2.64. The molecule has 0 aliphatic rings. The molecule has 0 N–H and O–H groups in total. The first kappa shape index (κ1) is 27.1. The largest absolute Gasteiger partial charge is 0.309 e. The Morgan fingerprint density at radius 1 is 0.378 bits per heavy atom. The lowest BCUT2D eigenvalue weighted by Crippen LogP contribution is -2.10. The standard InChI is InChI=1S/C43H31NS/c1-30-13-11-20-39-40-21-12-22-41(43(40)45-42(30)39)44(37-25-23-34(24-26-37)31-14-5-2-6-15-31)38-28-35(32-16-7-3-8-17-32)27-36(29-38)33-18-9-4-10-19-33/h2-29H,1H3. The fraction of sp³-hybridized carbons (Fsp3) is 0.0233. The highest BCUT2D eigenvalue weighted by molar-refractivity contribution is 7.26. The number of rotatable bonds is 6. The van der Waals surface area contributed by atoms with Gasteiger partial charge in [0.1, 0.15) is 0 Å². The summed E-state index contributed by atoms with van der Waals surface area (Å²) in [6.45, 7) is 2.22. The van der Waals surface area contributed by atoms with Gasteiger partial charge in [-0.2, -0.15) is 0 Å². The lowest BCUT2D eigenvalue weighted by atomic mass is 9.97. The fourth-order valence-corrected chi connectivity index (χ4v) is 7.59. The molecule has 45 heavy (non-hydrogen) atoms. The van der Waals surface area contributed by atoms with Crippen molar-refractivity contribution in [3.8, 4) is 33.4 Å². The molecule has 0 aliphatic heterocycles. The van der Waals surface area contributed by atoms with Crippen LogP contribution in [0.5, 0.6) is 0 Å². The Morgan fingerprint density at radius 3 is 1.44 bits per heavy atom. The second kappa shape index (κ2) is 11.6. The molecule has 0 aliphatic carbocycles. The molecule has 1 heterocycles. The van der Waals surface area contributed by atoms with Crippen LogP contribution in [0, 0.1) is 6.92 Å². The highest BCUT2D eigenvalue weighted by Gasteiger charge is 2.20. The Kier molecular flexibility index (Phi) is 6.98. The van der Waals surface area contributed by atoms with E-state index in [-0.39, 0.29) is 0 Å². The van der Waals surface area contributed by atoms with Crippen molar-refractivity contribution in [3.05, 3.63) is 175 Å². The molecule has 1 nitrogen and oxygen atoms in total. The van der Waals surface area contributed by atoms with Crippen molar-refractivity contribution < 1.29 is 0 Å². The second-order valence-electron chi connectivity index (χ2n) is 11.5. The van der Waals surface area contributed by atoms with Gasteiger partial charge in [-0.25, -0.2) is 0 Å². The first-order valence-electron chi connectivity index (χ1n) is 15.4. The number of benzene rings is 7. The Balaban J connectivity index is 1.39. The highest BCUT2D eigenvalue weighted by Crippen LogP contribution is 2.47. The van der Waals surface area contributed by atoms with Gasteiger partial charge < -0.3 is 4.90 Å². The van der Waals surface area contributed by atoms with Crippen LogP contribution in [0.3, 0.4) is 0 Å². The van der Waals surface area contributed by atoms with Crippen LogP contribution in [0.25, 0.3) is 53.6 Å². The summed E-state index contributed by atoms with van der Waals surface area (Å²) in [5.41, 5.74) is 12.0. The summed E-state index contributed by atoms with van der Waals surface area (Å²) >= 11 is 1.89. The molecule has 0 saturated carbocycles. The van der Waals surface area contributed by atoms with Crippen LogP contribution in [0.4, 0.5) is 17.1 Å². The Hall–Kier alpha value is -5.44. The first-order chi connectivity index (χ1) is 22.2. The van der Waals surface area contributed by atoms with Gasteiger partial charge >= 0.3 is 0 Å². The summed E-state index contributed by atoms with van der Waals surface area (Å²) in [7, 11) is 0. The van der Waals surface area contributed by atoms with Crippen molar-refractivity contribution in [2.45, 2.75) is 6.92 Å². The molecule has 7 aromatic carbocycles. The number of fused-ring (bicyclic) bond motifs is 3. The maximum absolute atomic E-state index is 2.45. The zero-order valence-electron chi connectivity index (χ0n) is 25.0. The predicted molar refractivity (Wildman–Crippen MR) is 195 cm³/mol. The van der Waals surface area contributed by atoms with E-state index >= 15 is 0 Å². The van der Waals surface area contributed by atoms with Gasteiger partial charge in [0.15, 0.2) is 0 Å². The van der Waals surface area contributed by atoms with Gasteiger partial charge in [0, 0.05) is 26.8 Å². The minimum Gasteiger partial charge on any atom is -0.309 e. The van der Waals surface area contributed by atoms with Gasteiger partial charge in [-0.3, -0.25) is 0 Å². The van der Waals surface area contributed by atoms with Crippen molar-refractivity contribution >= 4 is 48.6 Å². The Morgan fingerprint density at radius 2 is 0.867 bits per heavy atom. The van der Waals surface area contributed by atoms with E-state index in [1.807, 2.05) is 11.3 Å². The topological polar surface area (TPSA) is 3.24 Å². The second-order valence-corrected chi connectivity index (χ2v) is 12.5. The lowest BCUT2D eigenvalue weighted by molar-refractivity contribution is 1.30. The van der Waals surface area contributed by atoms with Gasteiger partial charge in [-0.15, -0.1) is 11.3 Å². The zero-order chi connectivity index (χ0) is 30.2. The molecule has 0 unspecified atom stereocenters. The smallest absolute Gasteiger partial charge is 0.0640 e. The van der Waals surface area contributed by atoms with Crippen LogP contribution in [-0.2, 0) is 0 Å². The Bertz CT molecular complexity index is 2190. The van der Waals surface area contributed by atoms with Crippen LogP contribution in [0.2, 0.25) is 0 Å². The molecule has 0 saturated heterocycles. The quantitative estimate of drug-likeness (QED) is 0.185. The number of hydrogen-bond donors (Lipinski definition) is 0. The maximum Gasteiger partial charge on any atom is 0.0640 e. The van der Waals surface area contributed by atoms with Gasteiger partial charge in [0.2, 0.25) is 0 Å². The normalized spacial score (nSPS) is 11.2. The van der Waals surface area contributed by atoms with Gasteiger partial charge in [0.05, 0.1) is 10.4 Å². The molecule has 0 fully saturated rings. The molecule has 0 radical (unpaired) electrons. The van der Waals surface area contributed by atoms with Crippen molar-refractivity contribution in [1.29, 1.82) is 0 Å². The van der Waals surface area contributed by atoms with Crippen molar-refractivity contribution in [2.24, 2.45) is 0 Å². The van der Waals surface area contributed by atoms with E-state index in [4.69, 9.17) is 0 Å². The molecular formula is C43H31NS. The molecule has 8 aromatic rings. The summed E-state index contributed by atoms with van der Waals surface area (Å²) in [6.07, 6.45) is 0. The van der Waals surface area contributed by atoms with Crippen LogP contribution in [0.1, 0.15) is 5.56 Å². The predicted octanol–water partition coefficient (Wildman–Crippen LogP) is 12.8. The van der Waals surface area contributed by atoms with Crippen LogP contribution < -0.4 is 4.90 Å². The summed E-state index contributed by atoms with van der Waals surface area (Å²) in [5.74, 6) is 0. The van der Waals surface area contributed by atoms with Gasteiger partial charge in [-0.05, 0) is 82.3 Å². The summed E-state index contributed by atoms with van der Waals surface area (Å²) in [6, 6.07) is 61.4. The van der Waals surface area contributed by atoms with E-state index in [1.54, 1.807) is 0 Å². The highest BCUT2D eigenvalue weighted by atomic mass is 32.1. The van der Waals surface area contributed by atoms with E-state index < -0.39 is 0 Å². The summed E-state index contributed by atoms with van der Waals surface area (Å²) in [4.78, 5) is 2.45. The van der Waals surface area contributed by atoms with Crippen molar-refractivity contribution in [2.75, 3.05) is 4.90 Å². The number of anilines is 3. The average Bonchev–Trinajstić information content (AvgIpc) is 3.51. The molecule has 214 valence electrons. The fourth-order valence-electron chi connectivity index (χ4n) is 6.32. The van der Waals surface area contributed by atoms with Crippen molar-refractivity contribution in [1.82, 2.24) is 0 Å². The van der Waals surface area contributed by atoms with E-state index in [1.165, 1.54) is 64.8 Å². The number of aryl methyl sites for hydroxylation is 1. The molecule has 8 rings (SSSR count). The molecule has 2 heteroatoms. The van der Waals surface area contributed by atoms with Crippen LogP contribution in [0.15, 0.2) is 170 Å². The minimum atomic E-state index is 1.13. The third-order valence-electron chi connectivity index (χ3n) is 8.56. The minimum absolute atomic E-state index is 1.13. The maximum atomic E-state index is 2.45. The monoisotopic (exact) mass is 593 g/mol. The molecule has 0 atom stereocenters. The zero-order valence-corrected chi connectivity index (χ0v) is 25.8. The van der Waals surface area contributed by atoms with E-state index in [0.717, 1.165) is 11.4 Å². The van der Waals surface area contributed by atoms with Gasteiger partial charge in [-0.1, -0.05) is 133 Å². The van der Waals surface area contributed by atoms with Gasteiger partial charge in [0.25, 0.3) is 0 Å². The van der Waals surface area contributed by atoms with Crippen molar-refractivity contribution in [3.63, 3.8) is 0 Å². The number of thiophene rings is 1. The molecule has 1 aromatic heterocycles. The van der Waals surface area contributed by atoms with E-state index in [9.17, 15) is 0 Å². The third-order valence-corrected chi connectivity index (χ3v) is 9.94. The average molecular weight is 594 g/mol. The molecule has 0 amide bonds. The van der Waals surface area contributed by atoms with Crippen LogP contribution >= 0.6 is 11.3 Å². The Labute approximate surface area is 268 Å². The number of hydrogen-bond acceptors (Lipinski definition) is 2. The van der Waals surface area contributed by atoms with E-state index in [0.29, 0.717) is 0 Å². The van der Waals surface area contributed by atoms with E-state index in [2.05, 4.69) is 182 Å². The van der Waals surface area contributed by atoms with Crippen LogP contribution in [-0.4, -0.2) is 0 Å². The molecule has 0 bridgehead atoms. The summed E-state index contributed by atoms with van der Waals surface area (Å²) in [5, 5.41) is 2.61. The molecular weight excluding hydrogens is 563 g/mol. The SMILES string of the molecule is Cc1cccc2c1sc1c(N(c3ccc(-c4ccccc4)cc3)c3cc(-c4ccccc4)cc(-c4ccccc4)c3)cccc12. The molecule has 0 spiro atoms. The third kappa shape index (κ3) is 5.10. The number of nitrogens with zero attached hydrogens (tertiary/aromatic N) is 1. The lowest BCUT2D eigenvalue weighted by Gasteiger charge is -2.27. The first-order valence-corrected chi connectivity index (χ1v) is 16.2.